The lowest BCUT2D eigenvalue weighted by molar-refractivity contribution is -0.122. The number of hydrogen-bond donors (Lipinski definition) is 0. The molecule has 1 aromatic carbocycles. The Kier molecular flexibility index (Phi) is 4.45. The number of ketones is 1. The fourth-order valence-electron chi connectivity index (χ4n) is 3.86. The van der Waals surface area contributed by atoms with Crippen molar-refractivity contribution in [2.75, 3.05) is 7.11 Å². The Labute approximate surface area is 136 Å². The Morgan fingerprint density at radius 2 is 1.87 bits per heavy atom. The average Bonchev–Trinajstić information content (AvgIpc) is 2.45. The molecule has 2 saturated heterocycles. The van der Waals surface area contributed by atoms with Crippen molar-refractivity contribution in [1.29, 1.82) is 0 Å². The standard InChI is InChI=1S/C17H21FO4S/c1-22-14-6-11(5-13(18)10-14)7-17(19)12-8-15-3-2-4-16(9-12)23(15,20)21/h5-6,10,12,15-16H,2-4,7-9H2,1H3. The van der Waals surface area contributed by atoms with E-state index in [2.05, 4.69) is 0 Å². The van der Waals surface area contributed by atoms with E-state index in [9.17, 15) is 17.6 Å². The van der Waals surface area contributed by atoms with Crippen LogP contribution in [0.5, 0.6) is 5.75 Å². The summed E-state index contributed by atoms with van der Waals surface area (Å²) in [6.45, 7) is 0. The van der Waals surface area contributed by atoms with Crippen LogP contribution in [0.25, 0.3) is 0 Å². The van der Waals surface area contributed by atoms with Crippen LogP contribution in [0.1, 0.15) is 37.7 Å². The van der Waals surface area contributed by atoms with Crippen molar-refractivity contribution in [3.05, 3.63) is 29.6 Å². The van der Waals surface area contributed by atoms with E-state index >= 15 is 0 Å². The van der Waals surface area contributed by atoms with Gasteiger partial charge >= 0.3 is 0 Å². The van der Waals surface area contributed by atoms with Crippen molar-refractivity contribution in [3.63, 3.8) is 0 Å². The summed E-state index contributed by atoms with van der Waals surface area (Å²) in [4.78, 5) is 12.6. The SMILES string of the molecule is COc1cc(F)cc(CC(=O)C2CC3CCCC(C2)S3(=O)=O)c1. The first-order valence-corrected chi connectivity index (χ1v) is 9.60. The third kappa shape index (κ3) is 3.27. The highest BCUT2D eigenvalue weighted by Gasteiger charge is 2.45. The van der Waals surface area contributed by atoms with Crippen LogP contribution in [0.3, 0.4) is 0 Å². The largest absolute Gasteiger partial charge is 0.497 e. The first kappa shape index (κ1) is 16.4. The third-order valence-corrected chi connectivity index (χ3v) is 7.79. The molecule has 4 nitrogen and oxygen atoms in total. The van der Waals surface area contributed by atoms with Crippen molar-refractivity contribution in [1.82, 2.24) is 0 Å². The summed E-state index contributed by atoms with van der Waals surface area (Å²) in [5, 5.41) is -0.739. The molecule has 3 rings (SSSR count). The van der Waals surface area contributed by atoms with E-state index in [0.29, 0.717) is 37.0 Å². The average molecular weight is 340 g/mol. The number of carbonyl (C=O) groups excluding carboxylic acids is 1. The molecule has 2 bridgehead atoms. The third-order valence-electron chi connectivity index (χ3n) is 5.08. The second-order valence-corrected chi connectivity index (χ2v) is 9.09. The summed E-state index contributed by atoms with van der Waals surface area (Å²) in [5.41, 5.74) is 0.574. The summed E-state index contributed by atoms with van der Waals surface area (Å²) in [6, 6.07) is 4.26. The molecule has 1 aromatic rings. The van der Waals surface area contributed by atoms with Gasteiger partial charge in [0.1, 0.15) is 17.3 Å². The molecule has 2 fully saturated rings. The van der Waals surface area contributed by atoms with Gasteiger partial charge in [-0.1, -0.05) is 6.42 Å². The molecule has 126 valence electrons. The van der Waals surface area contributed by atoms with Gasteiger partial charge < -0.3 is 4.74 Å². The Hall–Kier alpha value is -1.43. The quantitative estimate of drug-likeness (QED) is 0.845. The van der Waals surface area contributed by atoms with Crippen molar-refractivity contribution >= 4 is 15.6 Å². The predicted molar refractivity (Wildman–Crippen MR) is 84.7 cm³/mol. The van der Waals surface area contributed by atoms with Crippen LogP contribution in [0, 0.1) is 11.7 Å². The number of benzene rings is 1. The van der Waals surface area contributed by atoms with Crippen LogP contribution < -0.4 is 4.74 Å². The molecule has 2 heterocycles. The van der Waals surface area contributed by atoms with E-state index in [-0.39, 0.29) is 28.6 Å². The van der Waals surface area contributed by atoms with Gasteiger partial charge in [-0.25, -0.2) is 12.8 Å². The van der Waals surface area contributed by atoms with Gasteiger partial charge in [-0.15, -0.1) is 0 Å². The van der Waals surface area contributed by atoms with Gasteiger partial charge in [-0.3, -0.25) is 4.79 Å². The molecule has 0 spiro atoms. The highest BCUT2D eigenvalue weighted by atomic mass is 32.2. The molecular formula is C17H21FO4S. The smallest absolute Gasteiger partial charge is 0.156 e. The normalized spacial score (nSPS) is 29.0. The number of ether oxygens (including phenoxy) is 1. The molecule has 6 heteroatoms. The van der Waals surface area contributed by atoms with E-state index < -0.39 is 15.7 Å². The van der Waals surface area contributed by atoms with Crippen LogP contribution in [-0.4, -0.2) is 31.8 Å². The van der Waals surface area contributed by atoms with Crippen LogP contribution in [0.4, 0.5) is 4.39 Å². The highest BCUT2D eigenvalue weighted by Crippen LogP contribution is 2.40. The van der Waals surface area contributed by atoms with Gasteiger partial charge in [-0.2, -0.15) is 0 Å². The lowest BCUT2D eigenvalue weighted by Gasteiger charge is -2.38. The zero-order valence-electron chi connectivity index (χ0n) is 13.1. The predicted octanol–water partition coefficient (Wildman–Crippen LogP) is 2.69. The zero-order chi connectivity index (χ0) is 16.6. The maximum Gasteiger partial charge on any atom is 0.156 e. The van der Waals surface area contributed by atoms with Crippen LogP contribution >= 0.6 is 0 Å². The van der Waals surface area contributed by atoms with Crippen LogP contribution in [-0.2, 0) is 21.1 Å². The van der Waals surface area contributed by atoms with E-state index in [1.54, 1.807) is 6.07 Å². The Morgan fingerprint density at radius 1 is 1.22 bits per heavy atom. The molecule has 0 saturated carbocycles. The van der Waals surface area contributed by atoms with Gasteiger partial charge in [-0.05, 0) is 43.4 Å². The first-order chi connectivity index (χ1) is 10.9. The molecule has 0 aliphatic carbocycles. The molecule has 0 aromatic heterocycles. The highest BCUT2D eigenvalue weighted by molar-refractivity contribution is 7.92. The number of rotatable bonds is 4. The van der Waals surface area contributed by atoms with Crippen molar-refractivity contribution in [2.45, 2.75) is 49.0 Å². The summed E-state index contributed by atoms with van der Waals surface area (Å²) in [5.74, 6) is -0.279. The molecule has 2 atom stereocenters. The number of carbonyl (C=O) groups is 1. The Balaban J connectivity index is 1.73. The fraction of sp³-hybridized carbons (Fsp3) is 0.588. The molecule has 23 heavy (non-hydrogen) atoms. The maximum atomic E-state index is 13.5. The monoisotopic (exact) mass is 340 g/mol. The van der Waals surface area contributed by atoms with E-state index in [0.717, 1.165) is 6.42 Å². The van der Waals surface area contributed by atoms with Gasteiger partial charge in [0, 0.05) is 18.4 Å². The topological polar surface area (TPSA) is 60.4 Å². The summed E-state index contributed by atoms with van der Waals surface area (Å²) >= 11 is 0. The van der Waals surface area contributed by atoms with E-state index in [1.807, 2.05) is 0 Å². The molecular weight excluding hydrogens is 319 g/mol. The lowest BCUT2D eigenvalue weighted by Crippen LogP contribution is -2.45. The second kappa shape index (κ2) is 6.23. The number of methoxy groups -OCH3 is 1. The minimum Gasteiger partial charge on any atom is -0.497 e. The number of halogens is 1. The Bertz CT molecular complexity index is 693. The molecule has 0 amide bonds. The number of hydrogen-bond acceptors (Lipinski definition) is 4. The van der Waals surface area contributed by atoms with Crippen LogP contribution in [0.15, 0.2) is 18.2 Å². The molecule has 2 unspecified atom stereocenters. The number of fused-ring (bicyclic) bond motifs is 2. The minimum atomic E-state index is -3.05. The van der Waals surface area contributed by atoms with E-state index in [4.69, 9.17) is 4.74 Å². The second-order valence-electron chi connectivity index (χ2n) is 6.57. The molecule has 2 aliphatic rings. The molecule has 0 N–H and O–H groups in total. The van der Waals surface area contributed by atoms with Gasteiger partial charge in [0.2, 0.25) is 0 Å². The molecule has 0 radical (unpaired) electrons. The van der Waals surface area contributed by atoms with Gasteiger partial charge in [0.15, 0.2) is 9.84 Å². The summed E-state index contributed by atoms with van der Waals surface area (Å²) in [6.07, 6.45) is 3.22. The maximum absolute atomic E-state index is 13.5. The zero-order valence-corrected chi connectivity index (χ0v) is 13.9. The van der Waals surface area contributed by atoms with Crippen molar-refractivity contribution in [3.8, 4) is 5.75 Å². The fourth-order valence-corrected chi connectivity index (χ4v) is 6.39. The number of sulfone groups is 1. The Morgan fingerprint density at radius 3 is 2.48 bits per heavy atom. The van der Waals surface area contributed by atoms with E-state index in [1.165, 1.54) is 19.2 Å². The van der Waals surface area contributed by atoms with Gasteiger partial charge in [0.25, 0.3) is 0 Å². The lowest BCUT2D eigenvalue weighted by atomic mass is 9.85. The first-order valence-electron chi connectivity index (χ1n) is 7.99. The molecule has 2 aliphatic heterocycles. The number of Topliss-reactive ketones (excluding diaryl/α,β-unsaturated/α-hetero) is 1. The van der Waals surface area contributed by atoms with Crippen LogP contribution in [0.2, 0.25) is 0 Å². The summed E-state index contributed by atoms with van der Waals surface area (Å²) < 4.78 is 43.1. The summed E-state index contributed by atoms with van der Waals surface area (Å²) in [7, 11) is -1.60. The van der Waals surface area contributed by atoms with Crippen molar-refractivity contribution < 1.29 is 22.3 Å². The minimum absolute atomic E-state index is 0.00412. The van der Waals surface area contributed by atoms with Gasteiger partial charge in [0.05, 0.1) is 17.6 Å². The van der Waals surface area contributed by atoms with Crippen molar-refractivity contribution in [2.24, 2.45) is 5.92 Å².